The molecule has 0 bridgehead atoms. The molecular formula is C20H16ClFO2S. The Labute approximate surface area is 153 Å². The first-order chi connectivity index (χ1) is 11.9. The van der Waals surface area contributed by atoms with Crippen LogP contribution in [-0.4, -0.2) is 15.7 Å². The topological polar surface area (TPSA) is 34.1 Å². The van der Waals surface area contributed by atoms with Crippen molar-refractivity contribution >= 4 is 44.9 Å². The number of hydrogen-bond acceptors (Lipinski definition) is 2. The maximum atomic E-state index is 13.7. The molecule has 0 heterocycles. The fourth-order valence-electron chi connectivity index (χ4n) is 3.04. The van der Waals surface area contributed by atoms with Gasteiger partial charge in [0.15, 0.2) is 0 Å². The zero-order chi connectivity index (χ0) is 18.1. The van der Waals surface area contributed by atoms with Gasteiger partial charge in [0.2, 0.25) is 5.24 Å². The minimum atomic E-state index is -1.02. The smallest absolute Gasteiger partial charge is 0.226 e. The molecule has 2 aromatic rings. The second kappa shape index (κ2) is 7.06. The fourth-order valence-corrected chi connectivity index (χ4v) is 3.70. The van der Waals surface area contributed by atoms with Crippen LogP contribution in [0.1, 0.15) is 30.0 Å². The van der Waals surface area contributed by atoms with E-state index in [0.717, 1.165) is 32.7 Å². The van der Waals surface area contributed by atoms with E-state index in [0.29, 0.717) is 5.56 Å². The monoisotopic (exact) mass is 374 g/mol. The molecular weight excluding hydrogens is 359 g/mol. The van der Waals surface area contributed by atoms with Gasteiger partial charge in [0.1, 0.15) is 5.82 Å². The molecule has 0 radical (unpaired) electrons. The van der Waals surface area contributed by atoms with Gasteiger partial charge in [-0.25, -0.2) is 4.39 Å². The molecule has 0 aliphatic heterocycles. The molecule has 2 aromatic carbocycles. The van der Waals surface area contributed by atoms with Gasteiger partial charge in [-0.1, -0.05) is 18.2 Å². The average Bonchev–Trinajstić information content (AvgIpc) is 2.80. The Morgan fingerprint density at radius 1 is 1.16 bits per heavy atom. The summed E-state index contributed by atoms with van der Waals surface area (Å²) in [6, 6.07) is 12.0. The summed E-state index contributed by atoms with van der Waals surface area (Å²) in [7, 11) is -1.02. The van der Waals surface area contributed by atoms with E-state index in [-0.39, 0.29) is 12.2 Å². The van der Waals surface area contributed by atoms with Crippen LogP contribution in [0.3, 0.4) is 0 Å². The first kappa shape index (κ1) is 17.8. The Kier molecular flexibility index (Phi) is 5.02. The van der Waals surface area contributed by atoms with Crippen molar-refractivity contribution in [1.82, 2.24) is 0 Å². The second-order valence-electron chi connectivity index (χ2n) is 5.91. The largest absolute Gasteiger partial charge is 0.281 e. The number of fused-ring (bicyclic) bond motifs is 1. The van der Waals surface area contributed by atoms with Crippen LogP contribution >= 0.6 is 11.6 Å². The molecule has 1 atom stereocenters. The van der Waals surface area contributed by atoms with Gasteiger partial charge in [-0.15, -0.1) is 0 Å². The molecule has 1 unspecified atom stereocenters. The summed E-state index contributed by atoms with van der Waals surface area (Å²) in [5.74, 6) is -0.345. The highest BCUT2D eigenvalue weighted by Crippen LogP contribution is 2.44. The van der Waals surface area contributed by atoms with Gasteiger partial charge in [0.05, 0.1) is 0 Å². The first-order valence-electron chi connectivity index (χ1n) is 7.70. The highest BCUT2D eigenvalue weighted by Gasteiger charge is 2.25. The number of rotatable bonds is 4. The van der Waals surface area contributed by atoms with E-state index in [1.165, 1.54) is 12.1 Å². The van der Waals surface area contributed by atoms with Crippen molar-refractivity contribution in [3.8, 4) is 0 Å². The zero-order valence-electron chi connectivity index (χ0n) is 13.8. The van der Waals surface area contributed by atoms with Crippen LogP contribution in [0.5, 0.6) is 0 Å². The maximum Gasteiger partial charge on any atom is 0.226 e. The number of benzene rings is 2. The first-order valence-corrected chi connectivity index (χ1v) is 9.64. The van der Waals surface area contributed by atoms with Crippen LogP contribution in [0.15, 0.2) is 52.9 Å². The Morgan fingerprint density at radius 3 is 2.44 bits per heavy atom. The molecule has 0 amide bonds. The number of carbonyl (C=O) groups is 1. The summed E-state index contributed by atoms with van der Waals surface area (Å²) < 4.78 is 25.2. The van der Waals surface area contributed by atoms with Gasteiger partial charge in [0, 0.05) is 28.4 Å². The molecule has 0 aromatic heterocycles. The second-order valence-corrected chi connectivity index (χ2v) is 7.71. The van der Waals surface area contributed by atoms with E-state index in [9.17, 15) is 13.4 Å². The quantitative estimate of drug-likeness (QED) is 0.702. The number of allylic oxidation sites excluding steroid dienone is 3. The molecule has 1 aliphatic rings. The lowest BCUT2D eigenvalue weighted by molar-refractivity contribution is -0.110. The SMILES string of the molecule is CC1=C(CC(=O)Cl)c2cc(F)ccc2C1=Cc1ccc(S(C)=O)cc1. The van der Waals surface area contributed by atoms with Gasteiger partial charge in [-0.2, -0.15) is 0 Å². The van der Waals surface area contributed by atoms with Gasteiger partial charge in [-0.05, 0) is 82.3 Å². The van der Waals surface area contributed by atoms with E-state index in [2.05, 4.69) is 0 Å². The van der Waals surface area contributed by atoms with Crippen LogP contribution in [0, 0.1) is 5.82 Å². The Morgan fingerprint density at radius 2 is 1.84 bits per heavy atom. The number of carbonyl (C=O) groups excluding carboxylic acids is 1. The van der Waals surface area contributed by atoms with Crippen LogP contribution in [0.4, 0.5) is 4.39 Å². The lowest BCUT2D eigenvalue weighted by Gasteiger charge is -2.05. The van der Waals surface area contributed by atoms with Crippen molar-refractivity contribution in [3.63, 3.8) is 0 Å². The zero-order valence-corrected chi connectivity index (χ0v) is 15.4. The van der Waals surface area contributed by atoms with E-state index < -0.39 is 16.0 Å². The molecule has 5 heteroatoms. The molecule has 3 rings (SSSR count). The molecule has 0 fully saturated rings. The van der Waals surface area contributed by atoms with Crippen molar-refractivity contribution in [2.75, 3.05) is 6.26 Å². The Hall–Kier alpha value is -2.04. The third kappa shape index (κ3) is 3.65. The third-order valence-corrected chi connectivity index (χ3v) is 5.36. The Balaban J connectivity index is 2.10. The summed E-state index contributed by atoms with van der Waals surface area (Å²) in [6.07, 6.45) is 3.69. The van der Waals surface area contributed by atoms with Crippen molar-refractivity contribution in [3.05, 3.63) is 70.5 Å². The van der Waals surface area contributed by atoms with Gasteiger partial charge < -0.3 is 0 Å². The van der Waals surface area contributed by atoms with Crippen LogP contribution in [0.25, 0.3) is 17.2 Å². The standard InChI is InChI=1S/C20H16ClFO2S/c1-12-17(9-13-3-6-15(7-4-13)25(2)24)16-8-5-14(22)10-19(16)18(12)11-20(21)23/h3-10H,11H2,1-2H3. The fraction of sp³-hybridized carbons (Fsp3) is 0.150. The van der Waals surface area contributed by atoms with Gasteiger partial charge >= 0.3 is 0 Å². The number of halogens is 2. The van der Waals surface area contributed by atoms with Crippen molar-refractivity contribution < 1.29 is 13.4 Å². The third-order valence-electron chi connectivity index (χ3n) is 4.29. The molecule has 1 aliphatic carbocycles. The highest BCUT2D eigenvalue weighted by atomic mass is 35.5. The Bertz CT molecular complexity index is 943. The lowest BCUT2D eigenvalue weighted by Crippen LogP contribution is -1.91. The van der Waals surface area contributed by atoms with E-state index in [1.54, 1.807) is 12.3 Å². The summed E-state index contributed by atoms with van der Waals surface area (Å²) >= 11 is 5.57. The predicted octanol–water partition coefficient (Wildman–Crippen LogP) is 5.05. The van der Waals surface area contributed by atoms with Gasteiger partial charge in [-0.3, -0.25) is 9.00 Å². The molecule has 0 spiro atoms. The molecule has 2 nitrogen and oxygen atoms in total. The van der Waals surface area contributed by atoms with Gasteiger partial charge in [0.25, 0.3) is 0 Å². The van der Waals surface area contributed by atoms with E-state index in [4.69, 9.17) is 11.6 Å². The van der Waals surface area contributed by atoms with E-state index in [1.807, 2.05) is 37.3 Å². The van der Waals surface area contributed by atoms with Crippen LogP contribution in [-0.2, 0) is 15.6 Å². The lowest BCUT2D eigenvalue weighted by atomic mass is 10.0. The minimum absolute atomic E-state index is 0.0644. The normalized spacial score (nSPS) is 16.2. The van der Waals surface area contributed by atoms with Crippen LogP contribution < -0.4 is 0 Å². The highest BCUT2D eigenvalue weighted by molar-refractivity contribution is 7.84. The maximum absolute atomic E-state index is 13.7. The van der Waals surface area contributed by atoms with Crippen molar-refractivity contribution in [2.24, 2.45) is 0 Å². The summed E-state index contributed by atoms with van der Waals surface area (Å²) in [4.78, 5) is 12.2. The van der Waals surface area contributed by atoms with Crippen molar-refractivity contribution in [2.45, 2.75) is 18.2 Å². The minimum Gasteiger partial charge on any atom is -0.281 e. The van der Waals surface area contributed by atoms with Crippen molar-refractivity contribution in [1.29, 1.82) is 0 Å². The summed E-state index contributed by atoms with van der Waals surface area (Å²) in [5, 5.41) is -0.472. The number of hydrogen-bond donors (Lipinski definition) is 0. The van der Waals surface area contributed by atoms with E-state index >= 15 is 0 Å². The molecule has 0 saturated heterocycles. The predicted molar refractivity (Wildman–Crippen MR) is 101 cm³/mol. The molecule has 25 heavy (non-hydrogen) atoms. The summed E-state index contributed by atoms with van der Waals surface area (Å²) in [6.45, 7) is 1.91. The summed E-state index contributed by atoms with van der Waals surface area (Å²) in [5.41, 5.74) is 5.15. The average molecular weight is 375 g/mol. The molecule has 0 saturated carbocycles. The molecule has 0 N–H and O–H groups in total. The van der Waals surface area contributed by atoms with Crippen LogP contribution in [0.2, 0.25) is 0 Å². The molecule has 128 valence electrons.